The van der Waals surface area contributed by atoms with E-state index >= 15 is 0 Å². The predicted molar refractivity (Wildman–Crippen MR) is 164 cm³/mol. The third-order valence-electron chi connectivity index (χ3n) is 10.5. The van der Waals surface area contributed by atoms with Crippen LogP contribution in [0.2, 0.25) is 0 Å². The van der Waals surface area contributed by atoms with Crippen molar-refractivity contribution in [3.8, 4) is 0 Å². The quantitative estimate of drug-likeness (QED) is 0.0722. The van der Waals surface area contributed by atoms with Gasteiger partial charge in [-0.3, -0.25) is 0 Å². The maximum atomic E-state index is 11.0. The fourth-order valence-electron chi connectivity index (χ4n) is 6.84. The number of aliphatic hydroxyl groups is 9. The van der Waals surface area contributed by atoms with Gasteiger partial charge in [-0.25, -0.2) is 0 Å². The van der Waals surface area contributed by atoms with E-state index < -0.39 is 122 Å². The molecule has 12 unspecified atom stereocenters. The summed E-state index contributed by atoms with van der Waals surface area (Å²) >= 11 is 0. The Labute approximate surface area is 280 Å². The number of hydrogen-bond donors (Lipinski definition) is 9. The number of methoxy groups -OCH3 is 1. The Morgan fingerprint density at radius 1 is 0.771 bits per heavy atom. The molecule has 1 aliphatic carbocycles. The molecule has 4 fully saturated rings. The lowest BCUT2D eigenvalue weighted by molar-refractivity contribution is -0.302. The van der Waals surface area contributed by atoms with Crippen LogP contribution in [-0.4, -0.2) is 183 Å². The van der Waals surface area contributed by atoms with Gasteiger partial charge in [-0.05, 0) is 27.7 Å². The Hall–Kier alpha value is -0.900. The maximum absolute atomic E-state index is 11.0. The molecule has 16 nitrogen and oxygen atoms in total. The van der Waals surface area contributed by atoms with E-state index in [1.165, 1.54) is 7.11 Å². The van der Waals surface area contributed by atoms with Gasteiger partial charge in [0.25, 0.3) is 0 Å². The van der Waals surface area contributed by atoms with Gasteiger partial charge in [0, 0.05) is 25.4 Å². The largest absolute Gasteiger partial charge is 0.394 e. The molecule has 0 aromatic heterocycles. The van der Waals surface area contributed by atoms with E-state index in [-0.39, 0.29) is 32.8 Å². The summed E-state index contributed by atoms with van der Waals surface area (Å²) in [5, 5.41) is 95.3. The molecule has 48 heavy (non-hydrogen) atoms. The first kappa shape index (κ1) is 39.9. The summed E-state index contributed by atoms with van der Waals surface area (Å²) in [6.45, 7) is 9.02. The van der Waals surface area contributed by atoms with Crippen molar-refractivity contribution < 1.29 is 79.1 Å². The molecule has 9 N–H and O–H groups in total. The highest BCUT2D eigenvalue weighted by Crippen LogP contribution is 2.55. The van der Waals surface area contributed by atoms with Crippen molar-refractivity contribution in [3.63, 3.8) is 0 Å². The molecule has 0 aromatic rings. The Bertz CT molecular complexity index is 1040. The first-order chi connectivity index (χ1) is 22.5. The van der Waals surface area contributed by atoms with Gasteiger partial charge < -0.3 is 79.1 Å². The minimum atomic E-state index is -1.61. The van der Waals surface area contributed by atoms with Crippen LogP contribution >= 0.6 is 0 Å². The van der Waals surface area contributed by atoms with Crippen LogP contribution in [0.3, 0.4) is 0 Å². The van der Waals surface area contributed by atoms with Crippen LogP contribution in [0.1, 0.15) is 34.1 Å². The maximum Gasteiger partial charge on any atom is 0.187 e. The molecule has 280 valence electrons. The molecule has 16 heteroatoms. The first-order valence-corrected chi connectivity index (χ1v) is 16.5. The van der Waals surface area contributed by atoms with Crippen molar-refractivity contribution in [1.82, 2.24) is 0 Å². The van der Waals surface area contributed by atoms with Gasteiger partial charge in [0.15, 0.2) is 6.29 Å². The van der Waals surface area contributed by atoms with Gasteiger partial charge in [0.1, 0.15) is 30.0 Å². The second-order valence-electron chi connectivity index (χ2n) is 14.3. The number of hydrogen-bond acceptors (Lipinski definition) is 16. The minimum Gasteiger partial charge on any atom is -0.394 e. The molecule has 0 spiro atoms. The summed E-state index contributed by atoms with van der Waals surface area (Å²) in [6, 6.07) is 0. The zero-order valence-corrected chi connectivity index (χ0v) is 28.3. The second kappa shape index (κ2) is 16.2. The minimum absolute atomic E-state index is 0.171. The van der Waals surface area contributed by atoms with Crippen LogP contribution in [0.25, 0.3) is 0 Å². The average molecular weight is 697 g/mol. The summed E-state index contributed by atoms with van der Waals surface area (Å²) in [4.78, 5) is 0. The van der Waals surface area contributed by atoms with E-state index in [4.69, 9.17) is 33.2 Å². The molecule has 0 aromatic carbocycles. The summed E-state index contributed by atoms with van der Waals surface area (Å²) in [5.74, 6) is -2.57. The number of rotatable bonds is 16. The highest BCUT2D eigenvalue weighted by molar-refractivity contribution is 5.24. The van der Waals surface area contributed by atoms with E-state index in [2.05, 4.69) is 6.58 Å². The topological polar surface area (TPSA) is 247 Å². The molecule has 3 aliphatic heterocycles. The number of aliphatic hydroxyl groups excluding tert-OH is 8. The molecule has 0 bridgehead atoms. The summed E-state index contributed by atoms with van der Waals surface area (Å²) in [7, 11) is 1.52. The van der Waals surface area contributed by atoms with Gasteiger partial charge in [0.05, 0.1) is 100.0 Å². The third kappa shape index (κ3) is 8.25. The molecule has 1 saturated carbocycles. The normalized spacial score (nSPS) is 45.4. The van der Waals surface area contributed by atoms with Crippen LogP contribution in [-0.2, 0) is 33.2 Å². The predicted octanol–water partition coefficient (Wildman–Crippen LogP) is -3.18. The zero-order chi connectivity index (χ0) is 35.7. The van der Waals surface area contributed by atoms with Gasteiger partial charge in [0.2, 0.25) is 0 Å². The van der Waals surface area contributed by atoms with E-state index in [0.717, 1.165) is 0 Å². The molecule has 17 atom stereocenters. The van der Waals surface area contributed by atoms with Gasteiger partial charge in [-0.15, -0.1) is 0 Å². The summed E-state index contributed by atoms with van der Waals surface area (Å²) in [6.07, 6.45) is -14.3. The van der Waals surface area contributed by atoms with Crippen molar-refractivity contribution in [2.24, 2.45) is 17.8 Å². The van der Waals surface area contributed by atoms with E-state index in [1.807, 2.05) is 13.8 Å². The SMILES string of the molecule is C=C(C)C(C)O[C@H]1OC(CO)[C@@H](COC[C@H]2OC(CO)[C@@H](COC[C@H]3OC(CC(C)(C)OC)C4(O)C(O)C4C3O)C(O)C2O)C(O)C1O. The molecule has 4 aliphatic rings. The van der Waals surface area contributed by atoms with Crippen molar-refractivity contribution in [1.29, 1.82) is 0 Å². The molecule has 3 heterocycles. The van der Waals surface area contributed by atoms with Gasteiger partial charge in [-0.2, -0.15) is 0 Å². The zero-order valence-electron chi connectivity index (χ0n) is 28.3. The highest BCUT2D eigenvalue weighted by atomic mass is 16.7. The Balaban J connectivity index is 1.28. The summed E-state index contributed by atoms with van der Waals surface area (Å²) in [5.41, 5.74) is -1.61. The van der Waals surface area contributed by atoms with Crippen molar-refractivity contribution in [2.45, 2.75) is 125 Å². The van der Waals surface area contributed by atoms with Crippen LogP contribution in [0, 0.1) is 17.8 Å². The van der Waals surface area contributed by atoms with E-state index in [9.17, 15) is 46.0 Å². The van der Waals surface area contributed by atoms with Gasteiger partial charge in [-0.1, -0.05) is 12.2 Å². The summed E-state index contributed by atoms with van der Waals surface area (Å²) < 4.78 is 40.1. The smallest absolute Gasteiger partial charge is 0.187 e. The molecule has 3 saturated heterocycles. The van der Waals surface area contributed by atoms with Crippen LogP contribution in [0.4, 0.5) is 0 Å². The lowest BCUT2D eigenvalue weighted by Crippen LogP contribution is -2.59. The number of fused-ring (bicyclic) bond motifs is 1. The average Bonchev–Trinajstić information content (AvgIpc) is 3.62. The Morgan fingerprint density at radius 3 is 1.81 bits per heavy atom. The number of ether oxygens (including phenoxy) is 7. The highest BCUT2D eigenvalue weighted by Gasteiger charge is 2.75. The molecular weight excluding hydrogens is 640 g/mol. The van der Waals surface area contributed by atoms with E-state index in [1.54, 1.807) is 13.8 Å². The third-order valence-corrected chi connectivity index (χ3v) is 10.5. The monoisotopic (exact) mass is 696 g/mol. The molecule has 0 amide bonds. The van der Waals surface area contributed by atoms with Crippen LogP contribution < -0.4 is 0 Å². The lowest BCUT2D eigenvalue weighted by atomic mass is 9.87. The van der Waals surface area contributed by atoms with Gasteiger partial charge >= 0.3 is 0 Å². The van der Waals surface area contributed by atoms with Crippen LogP contribution in [0.15, 0.2) is 12.2 Å². The Morgan fingerprint density at radius 2 is 1.29 bits per heavy atom. The second-order valence-corrected chi connectivity index (χ2v) is 14.3. The van der Waals surface area contributed by atoms with E-state index in [0.29, 0.717) is 5.57 Å². The lowest BCUT2D eigenvalue weighted by Gasteiger charge is -2.44. The van der Waals surface area contributed by atoms with Crippen molar-refractivity contribution in [2.75, 3.05) is 46.8 Å². The standard InChI is InChI=1S/C32H56O16/c1-14(2)15(3)45-30-28(39)25(36)17(19(9-34)48-30)11-44-13-21-27(38)24(35)16(18(8-33)46-21)10-43-12-20-26(37)23-29(40)32(23,41)22(47-20)7-31(4,5)42-6/h15-30,33-41H,1,7-13H2,2-6H3/t15?,16-,17-,18?,19?,20-,21-,22?,23?,24?,25?,26?,27?,28?,29?,30+,32?/m1/s1. The van der Waals surface area contributed by atoms with Crippen molar-refractivity contribution in [3.05, 3.63) is 12.2 Å². The molecular formula is C32H56O16. The Kier molecular flexibility index (Phi) is 13.5. The van der Waals surface area contributed by atoms with Crippen LogP contribution in [0.5, 0.6) is 0 Å². The molecule has 4 rings (SSSR count). The van der Waals surface area contributed by atoms with Crippen molar-refractivity contribution >= 4 is 0 Å². The first-order valence-electron chi connectivity index (χ1n) is 16.5. The molecule has 0 radical (unpaired) electrons. The fourth-order valence-corrected chi connectivity index (χ4v) is 6.84. The fraction of sp³-hybridized carbons (Fsp3) is 0.938.